The van der Waals surface area contributed by atoms with E-state index < -0.39 is 0 Å². The Morgan fingerprint density at radius 3 is 2.24 bits per heavy atom. The van der Waals surface area contributed by atoms with Gasteiger partial charge in [0.2, 0.25) is 5.91 Å². The molecule has 0 saturated carbocycles. The first kappa shape index (κ1) is 18.8. The summed E-state index contributed by atoms with van der Waals surface area (Å²) in [5.74, 6) is 0.145. The van der Waals surface area contributed by atoms with Crippen LogP contribution in [0.5, 0.6) is 5.75 Å². The van der Waals surface area contributed by atoms with E-state index in [0.717, 1.165) is 0 Å². The number of benzene rings is 2. The molecular formula is C19H21ClN2O3. The zero-order valence-electron chi connectivity index (χ0n) is 14.6. The van der Waals surface area contributed by atoms with Crippen LogP contribution in [0.3, 0.4) is 0 Å². The van der Waals surface area contributed by atoms with Crippen LogP contribution in [0.2, 0.25) is 5.02 Å². The highest BCUT2D eigenvalue weighted by Gasteiger charge is 2.17. The second-order valence-electron chi connectivity index (χ2n) is 5.94. The van der Waals surface area contributed by atoms with Gasteiger partial charge in [-0.15, -0.1) is 0 Å². The van der Waals surface area contributed by atoms with E-state index >= 15 is 0 Å². The average molecular weight is 361 g/mol. The van der Waals surface area contributed by atoms with E-state index in [1.807, 2.05) is 24.3 Å². The van der Waals surface area contributed by atoms with E-state index in [-0.39, 0.29) is 22.4 Å². The van der Waals surface area contributed by atoms with Crippen molar-refractivity contribution in [1.82, 2.24) is 0 Å². The molecule has 0 fully saturated rings. The Bertz CT molecular complexity index is 786. The maximum atomic E-state index is 12.6. The molecule has 0 saturated heterocycles. The molecule has 5 nitrogen and oxygen atoms in total. The second-order valence-corrected chi connectivity index (χ2v) is 6.35. The molecule has 0 aromatic heterocycles. The minimum absolute atomic E-state index is 0.258. The van der Waals surface area contributed by atoms with Crippen molar-refractivity contribution < 1.29 is 14.3 Å². The fourth-order valence-electron chi connectivity index (χ4n) is 2.33. The Balaban J connectivity index is 2.26. The van der Waals surface area contributed by atoms with Gasteiger partial charge in [-0.05, 0) is 29.7 Å². The van der Waals surface area contributed by atoms with Gasteiger partial charge < -0.3 is 15.4 Å². The number of rotatable bonds is 5. The van der Waals surface area contributed by atoms with Gasteiger partial charge in [0.1, 0.15) is 5.75 Å². The number of hydrogen-bond acceptors (Lipinski definition) is 3. The minimum Gasteiger partial charge on any atom is -0.496 e. The van der Waals surface area contributed by atoms with E-state index in [2.05, 4.69) is 24.5 Å². The molecule has 0 aliphatic rings. The molecule has 2 N–H and O–H groups in total. The molecule has 0 spiro atoms. The van der Waals surface area contributed by atoms with Crippen LogP contribution in [0.4, 0.5) is 11.4 Å². The SMILES string of the molecule is COc1cc(NC(C)=O)c(Cl)cc1C(=O)Nc1ccc(C(C)C)cc1. The fraction of sp³-hybridized carbons (Fsp3) is 0.263. The summed E-state index contributed by atoms with van der Waals surface area (Å²) < 4.78 is 5.26. The number of hydrogen-bond donors (Lipinski definition) is 2. The van der Waals surface area contributed by atoms with Gasteiger partial charge in [0.05, 0.1) is 23.4 Å². The maximum absolute atomic E-state index is 12.6. The second kappa shape index (κ2) is 8.03. The van der Waals surface area contributed by atoms with E-state index in [4.69, 9.17) is 16.3 Å². The first-order valence-electron chi connectivity index (χ1n) is 7.88. The first-order chi connectivity index (χ1) is 11.8. The van der Waals surface area contributed by atoms with Crippen LogP contribution >= 0.6 is 11.6 Å². The van der Waals surface area contributed by atoms with Crippen molar-refractivity contribution in [2.75, 3.05) is 17.7 Å². The predicted octanol–water partition coefficient (Wildman–Crippen LogP) is 4.68. The van der Waals surface area contributed by atoms with Gasteiger partial charge in [-0.2, -0.15) is 0 Å². The summed E-state index contributed by atoms with van der Waals surface area (Å²) in [5, 5.41) is 5.68. The van der Waals surface area contributed by atoms with Crippen LogP contribution in [-0.4, -0.2) is 18.9 Å². The smallest absolute Gasteiger partial charge is 0.259 e. The van der Waals surface area contributed by atoms with Crippen molar-refractivity contribution >= 4 is 34.8 Å². The van der Waals surface area contributed by atoms with Gasteiger partial charge in [-0.3, -0.25) is 9.59 Å². The van der Waals surface area contributed by atoms with Crippen molar-refractivity contribution in [2.24, 2.45) is 0 Å². The van der Waals surface area contributed by atoms with E-state index in [1.165, 1.54) is 31.7 Å². The lowest BCUT2D eigenvalue weighted by Crippen LogP contribution is -2.14. The normalized spacial score (nSPS) is 10.5. The van der Waals surface area contributed by atoms with Gasteiger partial charge in [0.15, 0.2) is 0 Å². The standard InChI is InChI=1S/C19H21ClN2O3/c1-11(2)13-5-7-14(8-6-13)22-19(24)15-9-16(20)17(21-12(3)23)10-18(15)25-4/h5-11H,1-4H3,(H,21,23)(H,22,24). The van der Waals surface area contributed by atoms with Crippen molar-refractivity contribution in [3.8, 4) is 5.75 Å². The minimum atomic E-state index is -0.342. The Morgan fingerprint density at radius 1 is 1.08 bits per heavy atom. The molecule has 2 rings (SSSR count). The first-order valence-corrected chi connectivity index (χ1v) is 8.26. The molecule has 25 heavy (non-hydrogen) atoms. The number of nitrogens with one attached hydrogen (secondary N) is 2. The lowest BCUT2D eigenvalue weighted by Gasteiger charge is -2.13. The molecule has 0 atom stereocenters. The summed E-state index contributed by atoms with van der Waals surface area (Å²) in [7, 11) is 1.45. The zero-order chi connectivity index (χ0) is 18.6. The molecule has 2 aromatic rings. The van der Waals surface area contributed by atoms with Crippen LogP contribution in [-0.2, 0) is 4.79 Å². The highest BCUT2D eigenvalue weighted by Crippen LogP contribution is 2.31. The third-order valence-corrected chi connectivity index (χ3v) is 3.99. The Hall–Kier alpha value is -2.53. The molecule has 132 valence electrons. The molecule has 6 heteroatoms. The third kappa shape index (κ3) is 4.73. The van der Waals surface area contributed by atoms with Crippen LogP contribution in [0.25, 0.3) is 0 Å². The molecule has 2 aromatic carbocycles. The zero-order valence-corrected chi connectivity index (χ0v) is 15.4. The van der Waals surface area contributed by atoms with E-state index in [9.17, 15) is 9.59 Å². The Morgan fingerprint density at radius 2 is 1.72 bits per heavy atom. The molecule has 0 unspecified atom stereocenters. The largest absolute Gasteiger partial charge is 0.496 e. The number of amides is 2. The number of anilines is 2. The van der Waals surface area contributed by atoms with Gasteiger partial charge in [0.25, 0.3) is 5.91 Å². The topological polar surface area (TPSA) is 67.4 Å². The molecule has 2 amide bonds. The number of carbonyl (C=O) groups is 2. The fourth-order valence-corrected chi connectivity index (χ4v) is 2.55. The van der Waals surface area contributed by atoms with Crippen molar-refractivity contribution in [3.63, 3.8) is 0 Å². The van der Waals surface area contributed by atoms with Crippen molar-refractivity contribution in [2.45, 2.75) is 26.7 Å². The van der Waals surface area contributed by atoms with Crippen LogP contribution in [0, 0.1) is 0 Å². The van der Waals surface area contributed by atoms with Crippen molar-refractivity contribution in [1.29, 1.82) is 0 Å². The van der Waals surface area contributed by atoms with Crippen LogP contribution < -0.4 is 15.4 Å². The molecule has 0 aliphatic heterocycles. The Kier molecular flexibility index (Phi) is 6.04. The summed E-state index contributed by atoms with van der Waals surface area (Å²) in [6.45, 7) is 5.60. The van der Waals surface area contributed by atoms with Crippen LogP contribution in [0.15, 0.2) is 36.4 Å². The van der Waals surface area contributed by atoms with Gasteiger partial charge in [-0.1, -0.05) is 37.6 Å². The molecule has 0 radical (unpaired) electrons. The van der Waals surface area contributed by atoms with Crippen molar-refractivity contribution in [3.05, 3.63) is 52.5 Å². The van der Waals surface area contributed by atoms with E-state index in [1.54, 1.807) is 0 Å². The average Bonchev–Trinajstić information content (AvgIpc) is 2.56. The molecule has 0 bridgehead atoms. The molecular weight excluding hydrogens is 340 g/mol. The summed E-state index contributed by atoms with van der Waals surface area (Å²) in [5.41, 5.74) is 2.55. The summed E-state index contributed by atoms with van der Waals surface area (Å²) in [6, 6.07) is 10.7. The number of ether oxygens (including phenoxy) is 1. The quantitative estimate of drug-likeness (QED) is 0.813. The molecule has 0 heterocycles. The predicted molar refractivity (Wildman–Crippen MR) is 101 cm³/mol. The monoisotopic (exact) mass is 360 g/mol. The van der Waals surface area contributed by atoms with Gasteiger partial charge >= 0.3 is 0 Å². The molecule has 0 aliphatic carbocycles. The van der Waals surface area contributed by atoms with Crippen LogP contribution in [0.1, 0.15) is 42.6 Å². The summed E-state index contributed by atoms with van der Waals surface area (Å²) in [4.78, 5) is 23.8. The summed E-state index contributed by atoms with van der Waals surface area (Å²) >= 11 is 6.15. The van der Waals surface area contributed by atoms with Gasteiger partial charge in [0, 0.05) is 18.7 Å². The van der Waals surface area contributed by atoms with Gasteiger partial charge in [-0.25, -0.2) is 0 Å². The van der Waals surface area contributed by atoms with E-state index in [0.29, 0.717) is 23.0 Å². The number of carbonyl (C=O) groups excluding carboxylic acids is 2. The number of halogens is 1. The highest BCUT2D eigenvalue weighted by atomic mass is 35.5. The lowest BCUT2D eigenvalue weighted by molar-refractivity contribution is -0.114. The maximum Gasteiger partial charge on any atom is 0.259 e. The lowest BCUT2D eigenvalue weighted by atomic mass is 10.0. The third-order valence-electron chi connectivity index (χ3n) is 3.68. The summed E-state index contributed by atoms with van der Waals surface area (Å²) in [6.07, 6.45) is 0. The number of methoxy groups -OCH3 is 1. The highest BCUT2D eigenvalue weighted by molar-refractivity contribution is 6.34. The Labute approximate surface area is 152 Å².